The molecular formula is C13H18BrClN2O. The molecule has 1 saturated heterocycles. The van der Waals surface area contributed by atoms with Gasteiger partial charge in [-0.25, -0.2) is 0 Å². The predicted octanol–water partition coefficient (Wildman–Crippen LogP) is 2.43. The molecule has 1 heterocycles. The summed E-state index contributed by atoms with van der Waals surface area (Å²) in [6.45, 7) is 4.02. The van der Waals surface area contributed by atoms with Crippen LogP contribution in [0.2, 0.25) is 5.02 Å². The second kappa shape index (κ2) is 6.87. The van der Waals surface area contributed by atoms with Crippen LogP contribution in [-0.4, -0.2) is 42.8 Å². The Balaban J connectivity index is 2.23. The maximum Gasteiger partial charge on any atom is 0.0629 e. The first-order valence-electron chi connectivity index (χ1n) is 6.23. The number of halogens is 2. The van der Waals surface area contributed by atoms with Crippen molar-refractivity contribution < 1.29 is 5.11 Å². The molecule has 1 fully saturated rings. The van der Waals surface area contributed by atoms with Gasteiger partial charge < -0.3 is 10.4 Å². The van der Waals surface area contributed by atoms with Crippen molar-refractivity contribution in [3.8, 4) is 0 Å². The van der Waals surface area contributed by atoms with E-state index in [4.69, 9.17) is 11.6 Å². The van der Waals surface area contributed by atoms with Crippen molar-refractivity contribution in [1.29, 1.82) is 0 Å². The van der Waals surface area contributed by atoms with Gasteiger partial charge in [0.15, 0.2) is 0 Å². The third-order valence-corrected chi connectivity index (χ3v) is 4.14. The van der Waals surface area contributed by atoms with E-state index < -0.39 is 0 Å². The van der Waals surface area contributed by atoms with Crippen molar-refractivity contribution in [3.05, 3.63) is 33.3 Å². The Labute approximate surface area is 121 Å². The Hall–Kier alpha value is -0.130. The molecule has 1 unspecified atom stereocenters. The maximum atomic E-state index is 9.70. The Morgan fingerprint density at radius 1 is 1.39 bits per heavy atom. The highest BCUT2D eigenvalue weighted by molar-refractivity contribution is 9.10. The minimum Gasteiger partial charge on any atom is -0.394 e. The Morgan fingerprint density at radius 2 is 2.22 bits per heavy atom. The molecule has 0 bridgehead atoms. The fourth-order valence-electron chi connectivity index (χ4n) is 2.36. The van der Waals surface area contributed by atoms with Crippen LogP contribution >= 0.6 is 27.5 Å². The van der Waals surface area contributed by atoms with E-state index >= 15 is 0 Å². The average Bonchev–Trinajstić information content (AvgIpc) is 2.64. The molecule has 2 rings (SSSR count). The summed E-state index contributed by atoms with van der Waals surface area (Å²) < 4.78 is 0.994. The number of hydrogen-bond donors (Lipinski definition) is 2. The molecule has 1 aliphatic rings. The lowest BCUT2D eigenvalue weighted by molar-refractivity contribution is 0.130. The Kier molecular flexibility index (Phi) is 5.45. The second-order valence-corrected chi connectivity index (χ2v) is 5.83. The minimum atomic E-state index is -0.0186. The highest BCUT2D eigenvalue weighted by atomic mass is 79.9. The van der Waals surface area contributed by atoms with Crippen molar-refractivity contribution in [2.45, 2.75) is 12.5 Å². The maximum absolute atomic E-state index is 9.70. The molecule has 0 aromatic heterocycles. The number of hydrogen-bond acceptors (Lipinski definition) is 3. The first kappa shape index (κ1) is 14.3. The summed E-state index contributed by atoms with van der Waals surface area (Å²) in [5.41, 5.74) is 0.996. The summed E-state index contributed by atoms with van der Waals surface area (Å²) in [6.07, 6.45) is 1.10. The van der Waals surface area contributed by atoms with Crippen LogP contribution in [-0.2, 0) is 0 Å². The van der Waals surface area contributed by atoms with Gasteiger partial charge in [0.1, 0.15) is 0 Å². The fraction of sp³-hybridized carbons (Fsp3) is 0.538. The minimum absolute atomic E-state index is 0.0186. The highest BCUT2D eigenvalue weighted by Gasteiger charge is 2.22. The normalized spacial score (nSPS) is 19.5. The number of nitrogens with one attached hydrogen (secondary N) is 1. The molecule has 0 amide bonds. The van der Waals surface area contributed by atoms with Crippen LogP contribution in [0.4, 0.5) is 0 Å². The van der Waals surface area contributed by atoms with Gasteiger partial charge in [-0.2, -0.15) is 0 Å². The zero-order chi connectivity index (χ0) is 13.0. The number of benzene rings is 1. The van der Waals surface area contributed by atoms with E-state index in [0.717, 1.165) is 47.7 Å². The van der Waals surface area contributed by atoms with Crippen molar-refractivity contribution in [1.82, 2.24) is 10.2 Å². The molecule has 1 aromatic rings. The van der Waals surface area contributed by atoms with Gasteiger partial charge in [0.25, 0.3) is 0 Å². The van der Waals surface area contributed by atoms with E-state index in [1.54, 1.807) is 0 Å². The van der Waals surface area contributed by atoms with Crippen LogP contribution < -0.4 is 5.32 Å². The quantitative estimate of drug-likeness (QED) is 0.892. The van der Waals surface area contributed by atoms with Crippen LogP contribution in [0.25, 0.3) is 0 Å². The first-order valence-corrected chi connectivity index (χ1v) is 7.40. The average molecular weight is 334 g/mol. The SMILES string of the molecule is OCC(c1cc(Br)ccc1Cl)N1CCCNCC1. The monoisotopic (exact) mass is 332 g/mol. The molecule has 0 radical (unpaired) electrons. The lowest BCUT2D eigenvalue weighted by Gasteiger charge is -2.30. The second-order valence-electron chi connectivity index (χ2n) is 4.50. The van der Waals surface area contributed by atoms with Crippen LogP contribution in [0, 0.1) is 0 Å². The summed E-state index contributed by atoms with van der Waals surface area (Å²) in [7, 11) is 0. The van der Waals surface area contributed by atoms with Gasteiger partial charge in [-0.05, 0) is 36.7 Å². The van der Waals surface area contributed by atoms with Crippen LogP contribution in [0.5, 0.6) is 0 Å². The molecule has 1 aliphatic heterocycles. The number of nitrogens with zero attached hydrogens (tertiary/aromatic N) is 1. The molecule has 18 heavy (non-hydrogen) atoms. The molecule has 0 spiro atoms. The number of aliphatic hydroxyl groups excluding tert-OH is 1. The number of aliphatic hydroxyl groups is 1. The zero-order valence-corrected chi connectivity index (χ0v) is 12.5. The largest absolute Gasteiger partial charge is 0.394 e. The van der Waals surface area contributed by atoms with Crippen molar-refractivity contribution in [2.24, 2.45) is 0 Å². The van der Waals surface area contributed by atoms with Crippen molar-refractivity contribution in [2.75, 3.05) is 32.8 Å². The van der Waals surface area contributed by atoms with E-state index in [1.807, 2.05) is 18.2 Å². The predicted molar refractivity (Wildman–Crippen MR) is 78.0 cm³/mol. The molecule has 3 nitrogen and oxygen atoms in total. The summed E-state index contributed by atoms with van der Waals surface area (Å²) in [5.74, 6) is 0. The Bertz CT molecular complexity index is 395. The van der Waals surface area contributed by atoms with Gasteiger partial charge in [0, 0.05) is 29.1 Å². The molecule has 100 valence electrons. The van der Waals surface area contributed by atoms with E-state index in [1.165, 1.54) is 0 Å². The van der Waals surface area contributed by atoms with E-state index in [-0.39, 0.29) is 12.6 Å². The summed E-state index contributed by atoms with van der Waals surface area (Å²) in [5, 5.41) is 13.8. The highest BCUT2D eigenvalue weighted by Crippen LogP contribution is 2.30. The van der Waals surface area contributed by atoms with Crippen molar-refractivity contribution >= 4 is 27.5 Å². The summed E-state index contributed by atoms with van der Waals surface area (Å²) >= 11 is 9.72. The third-order valence-electron chi connectivity index (χ3n) is 3.31. The molecule has 1 atom stereocenters. The van der Waals surface area contributed by atoms with E-state index in [9.17, 15) is 5.11 Å². The molecular weight excluding hydrogens is 316 g/mol. The van der Waals surface area contributed by atoms with Gasteiger partial charge in [-0.3, -0.25) is 4.90 Å². The van der Waals surface area contributed by atoms with E-state index in [2.05, 4.69) is 26.1 Å². The summed E-state index contributed by atoms with van der Waals surface area (Å²) in [6, 6.07) is 5.78. The van der Waals surface area contributed by atoms with Gasteiger partial charge in [-0.15, -0.1) is 0 Å². The third kappa shape index (κ3) is 3.45. The molecule has 1 aromatic carbocycles. The first-order chi connectivity index (χ1) is 8.72. The topological polar surface area (TPSA) is 35.5 Å². The van der Waals surface area contributed by atoms with Gasteiger partial charge in [0.2, 0.25) is 0 Å². The van der Waals surface area contributed by atoms with Gasteiger partial charge in [0.05, 0.1) is 12.6 Å². The molecule has 0 saturated carbocycles. The standard InChI is InChI=1S/C13H18BrClN2O/c14-10-2-3-12(15)11(8-10)13(9-18)17-6-1-4-16-5-7-17/h2-3,8,13,16,18H,1,4-7,9H2. The Morgan fingerprint density at radius 3 is 3.00 bits per heavy atom. The molecule has 2 N–H and O–H groups in total. The van der Waals surface area contributed by atoms with Crippen LogP contribution in [0.3, 0.4) is 0 Å². The van der Waals surface area contributed by atoms with Crippen LogP contribution in [0.15, 0.2) is 22.7 Å². The van der Waals surface area contributed by atoms with Crippen LogP contribution in [0.1, 0.15) is 18.0 Å². The molecule has 5 heteroatoms. The van der Waals surface area contributed by atoms with Gasteiger partial charge in [-0.1, -0.05) is 27.5 Å². The molecule has 0 aliphatic carbocycles. The van der Waals surface area contributed by atoms with Gasteiger partial charge >= 0.3 is 0 Å². The smallest absolute Gasteiger partial charge is 0.0629 e. The number of rotatable bonds is 3. The van der Waals surface area contributed by atoms with Crippen molar-refractivity contribution in [3.63, 3.8) is 0 Å². The lowest BCUT2D eigenvalue weighted by atomic mass is 10.1. The lowest BCUT2D eigenvalue weighted by Crippen LogP contribution is -2.34. The summed E-state index contributed by atoms with van der Waals surface area (Å²) in [4.78, 5) is 2.30. The zero-order valence-electron chi connectivity index (χ0n) is 10.2. The van der Waals surface area contributed by atoms with E-state index in [0.29, 0.717) is 0 Å². The fourth-order valence-corrected chi connectivity index (χ4v) is 2.98.